The summed E-state index contributed by atoms with van der Waals surface area (Å²) in [4.78, 5) is 0. The predicted molar refractivity (Wildman–Crippen MR) is 63.5 cm³/mol. The molecule has 3 nitrogen and oxygen atoms in total. The maximum Gasteiger partial charge on any atom is 0.152 e. The van der Waals surface area contributed by atoms with Crippen LogP contribution in [-0.2, 0) is 16.3 Å². The van der Waals surface area contributed by atoms with E-state index in [0.717, 1.165) is 5.56 Å². The predicted octanol–water partition coefficient (Wildman–Crippen LogP) is 1.63. The van der Waals surface area contributed by atoms with Gasteiger partial charge >= 0.3 is 0 Å². The molecule has 0 aliphatic heterocycles. The number of sulfone groups is 1. The molecule has 0 aliphatic rings. The maximum atomic E-state index is 11.5. The normalized spacial score (nSPS) is 11.9. The zero-order valence-corrected chi connectivity index (χ0v) is 9.92. The number of nitrogens with two attached hydrogens (primary N) is 1. The highest BCUT2D eigenvalue weighted by Gasteiger charge is 2.15. The lowest BCUT2D eigenvalue weighted by molar-refractivity contribution is 0.586. The molecule has 1 aromatic carbocycles. The highest BCUT2D eigenvalue weighted by Crippen LogP contribution is 2.09. The van der Waals surface area contributed by atoms with Gasteiger partial charge in [-0.05, 0) is 38.0 Å². The Labute approximate surface area is 91.2 Å². The quantitative estimate of drug-likeness (QED) is 0.795. The summed E-state index contributed by atoms with van der Waals surface area (Å²) < 4.78 is 23.1. The molecular formula is C11H17NO2S. The Kier molecular flexibility index (Phi) is 3.74. The fourth-order valence-corrected chi connectivity index (χ4v) is 2.17. The highest BCUT2D eigenvalue weighted by atomic mass is 32.2. The van der Waals surface area contributed by atoms with Gasteiger partial charge in [0.1, 0.15) is 0 Å². The number of hydrogen-bond donors (Lipinski definition) is 1. The summed E-state index contributed by atoms with van der Waals surface area (Å²) in [5, 5.41) is -0.300. The number of aryl methyl sites for hydroxylation is 1. The summed E-state index contributed by atoms with van der Waals surface area (Å²) in [7, 11) is -2.94. The third kappa shape index (κ3) is 3.55. The average Bonchev–Trinajstić information content (AvgIpc) is 2.17. The van der Waals surface area contributed by atoms with Crippen molar-refractivity contribution in [1.82, 2.24) is 0 Å². The largest absolute Gasteiger partial charge is 0.399 e. The Balaban J connectivity index is 2.62. The Morgan fingerprint density at radius 1 is 1.20 bits per heavy atom. The van der Waals surface area contributed by atoms with Crippen molar-refractivity contribution in [2.75, 3.05) is 11.5 Å². The van der Waals surface area contributed by atoms with Gasteiger partial charge < -0.3 is 5.73 Å². The van der Waals surface area contributed by atoms with Gasteiger partial charge in [0.15, 0.2) is 9.84 Å². The van der Waals surface area contributed by atoms with Gasteiger partial charge in [-0.2, -0.15) is 0 Å². The van der Waals surface area contributed by atoms with Crippen molar-refractivity contribution in [3.05, 3.63) is 29.8 Å². The van der Waals surface area contributed by atoms with Crippen molar-refractivity contribution in [3.8, 4) is 0 Å². The Hall–Kier alpha value is -1.03. The molecule has 4 heteroatoms. The van der Waals surface area contributed by atoms with E-state index in [1.165, 1.54) is 0 Å². The smallest absolute Gasteiger partial charge is 0.152 e. The van der Waals surface area contributed by atoms with E-state index in [9.17, 15) is 8.42 Å². The molecule has 0 spiro atoms. The summed E-state index contributed by atoms with van der Waals surface area (Å²) in [6, 6.07) is 7.31. The number of benzene rings is 1. The fourth-order valence-electron chi connectivity index (χ4n) is 1.18. The van der Waals surface area contributed by atoms with Crippen LogP contribution in [0.15, 0.2) is 24.3 Å². The maximum absolute atomic E-state index is 11.5. The van der Waals surface area contributed by atoms with Crippen LogP contribution in [0.25, 0.3) is 0 Å². The van der Waals surface area contributed by atoms with Gasteiger partial charge in [-0.1, -0.05) is 12.1 Å². The molecule has 15 heavy (non-hydrogen) atoms. The van der Waals surface area contributed by atoms with Crippen LogP contribution >= 0.6 is 0 Å². The minimum Gasteiger partial charge on any atom is -0.399 e. The van der Waals surface area contributed by atoms with Crippen molar-refractivity contribution in [3.63, 3.8) is 0 Å². The van der Waals surface area contributed by atoms with Crippen LogP contribution < -0.4 is 5.73 Å². The molecule has 0 unspecified atom stereocenters. The second kappa shape index (κ2) is 4.66. The number of anilines is 1. The number of rotatable bonds is 4. The Morgan fingerprint density at radius 2 is 1.73 bits per heavy atom. The average molecular weight is 227 g/mol. The Morgan fingerprint density at radius 3 is 2.20 bits per heavy atom. The van der Waals surface area contributed by atoms with Crippen molar-refractivity contribution in [1.29, 1.82) is 0 Å². The van der Waals surface area contributed by atoms with E-state index in [1.807, 2.05) is 12.1 Å². The summed E-state index contributed by atoms with van der Waals surface area (Å²) in [5.74, 6) is 0.203. The van der Waals surface area contributed by atoms with Gasteiger partial charge in [-0.3, -0.25) is 0 Å². The zero-order valence-electron chi connectivity index (χ0n) is 9.10. The molecule has 0 saturated carbocycles. The van der Waals surface area contributed by atoms with Crippen LogP contribution in [0.5, 0.6) is 0 Å². The van der Waals surface area contributed by atoms with Crippen molar-refractivity contribution < 1.29 is 8.42 Å². The van der Waals surface area contributed by atoms with Crippen molar-refractivity contribution >= 4 is 15.5 Å². The molecular weight excluding hydrogens is 210 g/mol. The Bertz CT molecular complexity index is 407. The van der Waals surface area contributed by atoms with Crippen LogP contribution in [-0.4, -0.2) is 19.4 Å². The van der Waals surface area contributed by atoms with Gasteiger partial charge in [-0.15, -0.1) is 0 Å². The molecule has 1 rings (SSSR count). The monoisotopic (exact) mass is 227 g/mol. The van der Waals surface area contributed by atoms with Crippen molar-refractivity contribution in [2.24, 2.45) is 0 Å². The lowest BCUT2D eigenvalue weighted by Gasteiger charge is -2.07. The molecule has 0 saturated heterocycles. The molecule has 0 bridgehead atoms. The second-order valence-electron chi connectivity index (χ2n) is 3.91. The third-order valence-electron chi connectivity index (χ3n) is 2.37. The topological polar surface area (TPSA) is 60.2 Å². The second-order valence-corrected chi connectivity index (χ2v) is 6.58. The summed E-state index contributed by atoms with van der Waals surface area (Å²) >= 11 is 0. The van der Waals surface area contributed by atoms with Crippen LogP contribution in [0.4, 0.5) is 5.69 Å². The standard InChI is InChI=1S/C11H17NO2S/c1-9(2)15(13,14)8-7-10-3-5-11(12)6-4-10/h3-6,9H,7-8,12H2,1-2H3. The van der Waals surface area contributed by atoms with Crippen LogP contribution in [0.2, 0.25) is 0 Å². The van der Waals surface area contributed by atoms with Gasteiger partial charge in [0.05, 0.1) is 11.0 Å². The highest BCUT2D eigenvalue weighted by molar-refractivity contribution is 7.91. The van der Waals surface area contributed by atoms with E-state index in [-0.39, 0.29) is 11.0 Å². The SMILES string of the molecule is CC(C)S(=O)(=O)CCc1ccc(N)cc1. The van der Waals surface area contributed by atoms with E-state index in [1.54, 1.807) is 26.0 Å². The third-order valence-corrected chi connectivity index (χ3v) is 4.58. The van der Waals surface area contributed by atoms with E-state index >= 15 is 0 Å². The van der Waals surface area contributed by atoms with Gasteiger partial charge in [0, 0.05) is 5.69 Å². The van der Waals surface area contributed by atoms with Gasteiger partial charge in [-0.25, -0.2) is 8.42 Å². The van der Waals surface area contributed by atoms with E-state index < -0.39 is 9.84 Å². The van der Waals surface area contributed by atoms with Crippen molar-refractivity contribution in [2.45, 2.75) is 25.5 Å². The minimum atomic E-state index is -2.94. The van der Waals surface area contributed by atoms with Crippen LogP contribution in [0.1, 0.15) is 19.4 Å². The van der Waals surface area contributed by atoms with E-state index in [4.69, 9.17) is 5.73 Å². The molecule has 0 fully saturated rings. The first-order chi connectivity index (χ1) is 6.92. The molecule has 1 aromatic rings. The molecule has 0 heterocycles. The molecule has 0 amide bonds. The lowest BCUT2D eigenvalue weighted by Crippen LogP contribution is -2.19. The zero-order chi connectivity index (χ0) is 11.5. The first-order valence-corrected chi connectivity index (χ1v) is 6.69. The van der Waals surface area contributed by atoms with Crippen LogP contribution in [0, 0.1) is 0 Å². The summed E-state index contributed by atoms with van der Waals surface area (Å²) in [6.07, 6.45) is 0.556. The number of hydrogen-bond acceptors (Lipinski definition) is 3. The molecule has 0 atom stereocenters. The van der Waals surface area contributed by atoms with Gasteiger partial charge in [0.2, 0.25) is 0 Å². The lowest BCUT2D eigenvalue weighted by atomic mass is 10.2. The van der Waals surface area contributed by atoms with E-state index in [2.05, 4.69) is 0 Å². The van der Waals surface area contributed by atoms with Gasteiger partial charge in [0.25, 0.3) is 0 Å². The fraction of sp³-hybridized carbons (Fsp3) is 0.455. The van der Waals surface area contributed by atoms with E-state index in [0.29, 0.717) is 12.1 Å². The summed E-state index contributed by atoms with van der Waals surface area (Å²) in [5.41, 5.74) is 7.25. The molecule has 0 aliphatic carbocycles. The van der Waals surface area contributed by atoms with Crippen LogP contribution in [0.3, 0.4) is 0 Å². The molecule has 0 radical (unpaired) electrons. The molecule has 2 N–H and O–H groups in total. The molecule has 84 valence electrons. The number of nitrogen functional groups attached to an aromatic ring is 1. The summed E-state index contributed by atoms with van der Waals surface area (Å²) in [6.45, 7) is 3.41. The minimum absolute atomic E-state index is 0.203. The first-order valence-electron chi connectivity index (χ1n) is 4.98. The first kappa shape index (κ1) is 12.0. The molecule has 0 aromatic heterocycles.